The minimum atomic E-state index is 0.105. The Labute approximate surface area is 61.8 Å². The fraction of sp³-hybridized carbons (Fsp3) is 0.222. The number of allylic oxidation sites excluding steroid dienone is 5. The van der Waals surface area contributed by atoms with Crippen molar-refractivity contribution in [2.75, 3.05) is 0 Å². The SMILES string of the molecule is C=C/C=C/C=C(\C)C(C)=O. The highest BCUT2D eigenvalue weighted by Crippen LogP contribution is 1.93. The Kier molecular flexibility index (Phi) is 4.21. The molecule has 0 aromatic heterocycles. The van der Waals surface area contributed by atoms with Crippen LogP contribution in [0, 0.1) is 0 Å². The van der Waals surface area contributed by atoms with E-state index in [0.717, 1.165) is 5.57 Å². The Morgan fingerprint density at radius 3 is 2.30 bits per heavy atom. The Bertz CT molecular complexity index is 185. The van der Waals surface area contributed by atoms with E-state index in [0.29, 0.717) is 0 Å². The normalized spacial score (nSPS) is 12.0. The van der Waals surface area contributed by atoms with Gasteiger partial charge in [0.2, 0.25) is 0 Å². The number of carbonyl (C=O) groups is 1. The molecule has 0 rings (SSSR count). The third kappa shape index (κ3) is 3.84. The lowest BCUT2D eigenvalue weighted by Gasteiger charge is -1.87. The topological polar surface area (TPSA) is 17.1 Å². The molecule has 0 saturated carbocycles. The Balaban J connectivity index is 4.04. The molecular weight excluding hydrogens is 124 g/mol. The van der Waals surface area contributed by atoms with Gasteiger partial charge >= 0.3 is 0 Å². The molecule has 0 heterocycles. The second-order valence-corrected chi connectivity index (χ2v) is 2.03. The first-order chi connectivity index (χ1) is 4.68. The summed E-state index contributed by atoms with van der Waals surface area (Å²) in [6.07, 6.45) is 7.02. The maximum absolute atomic E-state index is 10.6. The van der Waals surface area contributed by atoms with Gasteiger partial charge in [0.25, 0.3) is 0 Å². The van der Waals surface area contributed by atoms with Crippen molar-refractivity contribution in [2.24, 2.45) is 0 Å². The predicted octanol–water partition coefficient (Wildman–Crippen LogP) is 2.26. The van der Waals surface area contributed by atoms with Gasteiger partial charge in [-0.05, 0) is 19.4 Å². The van der Waals surface area contributed by atoms with Gasteiger partial charge < -0.3 is 0 Å². The van der Waals surface area contributed by atoms with Crippen LogP contribution >= 0.6 is 0 Å². The highest BCUT2D eigenvalue weighted by atomic mass is 16.1. The summed E-state index contributed by atoms with van der Waals surface area (Å²) in [5.74, 6) is 0.105. The average Bonchev–Trinajstić information content (AvgIpc) is 1.88. The van der Waals surface area contributed by atoms with Crippen molar-refractivity contribution in [3.05, 3.63) is 36.5 Å². The molecule has 0 N–H and O–H groups in total. The summed E-state index contributed by atoms with van der Waals surface area (Å²) in [5.41, 5.74) is 0.762. The molecule has 0 unspecified atom stereocenters. The van der Waals surface area contributed by atoms with Crippen LogP contribution in [0.25, 0.3) is 0 Å². The maximum atomic E-state index is 10.6. The van der Waals surface area contributed by atoms with Gasteiger partial charge in [-0.15, -0.1) is 0 Å². The lowest BCUT2D eigenvalue weighted by Crippen LogP contribution is -1.89. The predicted molar refractivity (Wildman–Crippen MR) is 43.8 cm³/mol. The van der Waals surface area contributed by atoms with Gasteiger partial charge in [-0.2, -0.15) is 0 Å². The minimum absolute atomic E-state index is 0.105. The largest absolute Gasteiger partial charge is 0.295 e. The summed E-state index contributed by atoms with van der Waals surface area (Å²) in [4.78, 5) is 10.6. The molecule has 0 saturated heterocycles. The van der Waals surface area contributed by atoms with E-state index in [1.54, 1.807) is 38.2 Å². The number of carbonyl (C=O) groups excluding carboxylic acids is 1. The molecule has 0 aliphatic heterocycles. The van der Waals surface area contributed by atoms with Crippen LogP contribution in [0.3, 0.4) is 0 Å². The molecule has 0 atom stereocenters. The molecule has 1 nitrogen and oxygen atoms in total. The van der Waals surface area contributed by atoms with Crippen LogP contribution in [-0.2, 0) is 4.79 Å². The molecule has 0 fully saturated rings. The van der Waals surface area contributed by atoms with Crippen LogP contribution in [-0.4, -0.2) is 5.78 Å². The van der Waals surface area contributed by atoms with Gasteiger partial charge in [-0.25, -0.2) is 0 Å². The zero-order valence-corrected chi connectivity index (χ0v) is 6.42. The highest BCUT2D eigenvalue weighted by Gasteiger charge is 1.90. The van der Waals surface area contributed by atoms with Crippen molar-refractivity contribution in [1.29, 1.82) is 0 Å². The third-order valence-corrected chi connectivity index (χ3v) is 1.15. The third-order valence-electron chi connectivity index (χ3n) is 1.15. The summed E-state index contributed by atoms with van der Waals surface area (Å²) >= 11 is 0. The molecule has 1 heteroatoms. The Morgan fingerprint density at radius 1 is 1.30 bits per heavy atom. The molecule has 0 bridgehead atoms. The molecule has 0 aromatic rings. The van der Waals surface area contributed by atoms with Crippen molar-refractivity contribution < 1.29 is 4.79 Å². The van der Waals surface area contributed by atoms with Crippen molar-refractivity contribution in [2.45, 2.75) is 13.8 Å². The molecule has 0 radical (unpaired) electrons. The lowest BCUT2D eigenvalue weighted by atomic mass is 10.2. The van der Waals surface area contributed by atoms with E-state index < -0.39 is 0 Å². The monoisotopic (exact) mass is 136 g/mol. The Morgan fingerprint density at radius 2 is 1.90 bits per heavy atom. The first-order valence-corrected chi connectivity index (χ1v) is 3.15. The number of hydrogen-bond acceptors (Lipinski definition) is 1. The molecule has 10 heavy (non-hydrogen) atoms. The molecule has 54 valence electrons. The fourth-order valence-corrected chi connectivity index (χ4v) is 0.396. The molecule has 0 aromatic carbocycles. The van der Waals surface area contributed by atoms with Crippen molar-refractivity contribution >= 4 is 5.78 Å². The van der Waals surface area contributed by atoms with E-state index >= 15 is 0 Å². The van der Waals surface area contributed by atoms with Gasteiger partial charge in [0, 0.05) is 0 Å². The number of rotatable bonds is 3. The number of Topliss-reactive ketones (excluding diaryl/α,β-unsaturated/α-hetero) is 1. The maximum Gasteiger partial charge on any atom is 0.155 e. The van der Waals surface area contributed by atoms with Gasteiger partial charge in [-0.3, -0.25) is 4.79 Å². The summed E-state index contributed by atoms with van der Waals surface area (Å²) < 4.78 is 0. The Hall–Kier alpha value is -1.11. The van der Waals surface area contributed by atoms with Gasteiger partial charge in [0.1, 0.15) is 0 Å². The second-order valence-electron chi connectivity index (χ2n) is 2.03. The quantitative estimate of drug-likeness (QED) is 0.429. The highest BCUT2D eigenvalue weighted by molar-refractivity contribution is 5.92. The van der Waals surface area contributed by atoms with Gasteiger partial charge in [0.15, 0.2) is 5.78 Å². The number of hydrogen-bond donors (Lipinski definition) is 0. The summed E-state index contributed by atoms with van der Waals surface area (Å²) in [5, 5.41) is 0. The summed E-state index contributed by atoms with van der Waals surface area (Å²) in [6.45, 7) is 6.84. The fourth-order valence-electron chi connectivity index (χ4n) is 0.396. The molecular formula is C9H12O. The molecule has 0 aliphatic carbocycles. The lowest BCUT2D eigenvalue weighted by molar-refractivity contribution is -0.113. The van der Waals surface area contributed by atoms with Crippen LogP contribution in [0.1, 0.15) is 13.8 Å². The van der Waals surface area contributed by atoms with Crippen LogP contribution in [0.2, 0.25) is 0 Å². The van der Waals surface area contributed by atoms with Gasteiger partial charge in [-0.1, -0.05) is 30.9 Å². The van der Waals surface area contributed by atoms with Crippen LogP contribution < -0.4 is 0 Å². The average molecular weight is 136 g/mol. The smallest absolute Gasteiger partial charge is 0.155 e. The zero-order chi connectivity index (χ0) is 7.98. The van der Waals surface area contributed by atoms with Crippen molar-refractivity contribution in [1.82, 2.24) is 0 Å². The standard InChI is InChI=1S/C9H12O/c1-4-5-6-7-8(2)9(3)10/h4-7H,1H2,2-3H3/b6-5+,8-7+. The van der Waals surface area contributed by atoms with Crippen LogP contribution in [0.15, 0.2) is 36.5 Å². The summed E-state index contributed by atoms with van der Waals surface area (Å²) in [7, 11) is 0. The van der Waals surface area contributed by atoms with E-state index in [2.05, 4.69) is 6.58 Å². The second kappa shape index (κ2) is 4.74. The number of ketones is 1. The van der Waals surface area contributed by atoms with Crippen LogP contribution in [0.5, 0.6) is 0 Å². The van der Waals surface area contributed by atoms with E-state index in [1.165, 1.54) is 0 Å². The zero-order valence-electron chi connectivity index (χ0n) is 6.42. The summed E-state index contributed by atoms with van der Waals surface area (Å²) in [6, 6.07) is 0. The molecule has 0 spiro atoms. The molecule has 0 amide bonds. The van der Waals surface area contributed by atoms with Crippen molar-refractivity contribution in [3.63, 3.8) is 0 Å². The van der Waals surface area contributed by atoms with E-state index in [9.17, 15) is 4.79 Å². The van der Waals surface area contributed by atoms with Crippen LogP contribution in [0.4, 0.5) is 0 Å². The molecule has 0 aliphatic rings. The first-order valence-electron chi connectivity index (χ1n) is 3.15. The van der Waals surface area contributed by atoms with E-state index in [-0.39, 0.29) is 5.78 Å². The van der Waals surface area contributed by atoms with Crippen molar-refractivity contribution in [3.8, 4) is 0 Å². The van der Waals surface area contributed by atoms with E-state index in [1.807, 2.05) is 0 Å². The van der Waals surface area contributed by atoms with E-state index in [4.69, 9.17) is 0 Å². The van der Waals surface area contributed by atoms with Gasteiger partial charge in [0.05, 0.1) is 0 Å². The minimum Gasteiger partial charge on any atom is -0.295 e. The first kappa shape index (κ1) is 8.89.